The second-order valence-electron chi connectivity index (χ2n) is 7.04. The first-order valence-electron chi connectivity index (χ1n) is 9.87. The van der Waals surface area contributed by atoms with Gasteiger partial charge in [0.15, 0.2) is 6.61 Å². The predicted octanol–water partition coefficient (Wildman–Crippen LogP) is 4.75. The summed E-state index contributed by atoms with van der Waals surface area (Å²) in [6.45, 7) is 8.19. The molecule has 0 aliphatic rings. The molecule has 0 aromatic heterocycles. The van der Waals surface area contributed by atoms with Crippen molar-refractivity contribution in [2.45, 2.75) is 52.5 Å². The van der Waals surface area contributed by atoms with E-state index < -0.39 is 0 Å². The molecule has 0 fully saturated rings. The van der Waals surface area contributed by atoms with E-state index in [4.69, 9.17) is 4.74 Å². The van der Waals surface area contributed by atoms with Crippen LogP contribution >= 0.6 is 0 Å². The summed E-state index contributed by atoms with van der Waals surface area (Å²) in [5, 5.41) is 5.71. The Bertz CT molecular complexity index is 787. The molecule has 2 N–H and O–H groups in total. The summed E-state index contributed by atoms with van der Waals surface area (Å²) >= 11 is 0. The fourth-order valence-electron chi connectivity index (χ4n) is 2.69. The minimum Gasteiger partial charge on any atom is -0.483 e. The maximum Gasteiger partial charge on any atom is 0.262 e. The maximum absolute atomic E-state index is 12.2. The highest BCUT2D eigenvalue weighted by molar-refractivity contribution is 5.96. The SMILES string of the molecule is CCC(C)NC(=O)c1ccc(NC(=O)COc2ccccc2C(C)CC)cc1. The summed E-state index contributed by atoms with van der Waals surface area (Å²) < 4.78 is 5.74. The van der Waals surface area contributed by atoms with E-state index in [9.17, 15) is 9.59 Å². The van der Waals surface area contributed by atoms with E-state index in [0.717, 1.165) is 24.2 Å². The monoisotopic (exact) mass is 382 g/mol. The summed E-state index contributed by atoms with van der Waals surface area (Å²) in [5.41, 5.74) is 2.30. The van der Waals surface area contributed by atoms with E-state index in [0.29, 0.717) is 17.2 Å². The van der Waals surface area contributed by atoms with Crippen molar-refractivity contribution in [3.63, 3.8) is 0 Å². The van der Waals surface area contributed by atoms with E-state index in [1.54, 1.807) is 24.3 Å². The molecule has 2 amide bonds. The van der Waals surface area contributed by atoms with Crippen molar-refractivity contribution in [2.24, 2.45) is 0 Å². The van der Waals surface area contributed by atoms with Gasteiger partial charge in [0.1, 0.15) is 5.75 Å². The number of carbonyl (C=O) groups is 2. The van der Waals surface area contributed by atoms with Gasteiger partial charge in [-0.05, 0) is 61.6 Å². The number of hydrogen-bond acceptors (Lipinski definition) is 3. The third-order valence-electron chi connectivity index (χ3n) is 4.84. The van der Waals surface area contributed by atoms with Crippen LogP contribution < -0.4 is 15.4 Å². The molecule has 150 valence electrons. The van der Waals surface area contributed by atoms with Gasteiger partial charge in [-0.1, -0.05) is 39.0 Å². The lowest BCUT2D eigenvalue weighted by Gasteiger charge is -2.15. The first kappa shape index (κ1) is 21.5. The Morgan fingerprint density at radius 2 is 1.64 bits per heavy atom. The van der Waals surface area contributed by atoms with Gasteiger partial charge in [-0.25, -0.2) is 0 Å². The first-order valence-corrected chi connectivity index (χ1v) is 9.87. The largest absolute Gasteiger partial charge is 0.483 e. The second-order valence-corrected chi connectivity index (χ2v) is 7.04. The zero-order valence-electron chi connectivity index (χ0n) is 17.1. The molecule has 2 atom stereocenters. The van der Waals surface area contributed by atoms with Crippen LogP contribution in [0, 0.1) is 0 Å². The van der Waals surface area contributed by atoms with Crippen LogP contribution in [0.4, 0.5) is 5.69 Å². The summed E-state index contributed by atoms with van der Waals surface area (Å²) in [6.07, 6.45) is 1.88. The number of ether oxygens (including phenoxy) is 1. The van der Waals surface area contributed by atoms with Crippen molar-refractivity contribution in [1.82, 2.24) is 5.32 Å². The predicted molar refractivity (Wildman–Crippen MR) is 113 cm³/mol. The molecule has 5 nitrogen and oxygen atoms in total. The highest BCUT2D eigenvalue weighted by atomic mass is 16.5. The van der Waals surface area contributed by atoms with Crippen molar-refractivity contribution >= 4 is 17.5 Å². The molecule has 0 heterocycles. The van der Waals surface area contributed by atoms with E-state index in [1.165, 1.54) is 0 Å². The normalized spacial score (nSPS) is 12.7. The number of nitrogens with one attached hydrogen (secondary N) is 2. The van der Waals surface area contributed by atoms with Crippen molar-refractivity contribution in [3.05, 3.63) is 59.7 Å². The molecule has 5 heteroatoms. The summed E-state index contributed by atoms with van der Waals surface area (Å²) in [7, 11) is 0. The number of para-hydroxylation sites is 1. The Labute approximate surface area is 167 Å². The Balaban J connectivity index is 1.91. The lowest BCUT2D eigenvalue weighted by Crippen LogP contribution is -2.31. The Morgan fingerprint density at radius 1 is 0.964 bits per heavy atom. The number of benzene rings is 2. The van der Waals surface area contributed by atoms with Crippen LogP contribution in [0.25, 0.3) is 0 Å². The lowest BCUT2D eigenvalue weighted by atomic mass is 9.98. The van der Waals surface area contributed by atoms with Crippen LogP contribution in [0.15, 0.2) is 48.5 Å². The molecule has 2 aromatic rings. The van der Waals surface area contributed by atoms with Crippen LogP contribution in [-0.2, 0) is 4.79 Å². The van der Waals surface area contributed by atoms with Gasteiger partial charge in [0.25, 0.3) is 11.8 Å². The van der Waals surface area contributed by atoms with Gasteiger partial charge in [0, 0.05) is 17.3 Å². The molecule has 28 heavy (non-hydrogen) atoms. The van der Waals surface area contributed by atoms with E-state index in [2.05, 4.69) is 24.5 Å². The highest BCUT2D eigenvalue weighted by Gasteiger charge is 2.12. The van der Waals surface area contributed by atoms with Crippen molar-refractivity contribution in [1.29, 1.82) is 0 Å². The smallest absolute Gasteiger partial charge is 0.262 e. The molecule has 0 spiro atoms. The minimum absolute atomic E-state index is 0.0658. The highest BCUT2D eigenvalue weighted by Crippen LogP contribution is 2.28. The average molecular weight is 383 g/mol. The molecule has 0 saturated carbocycles. The van der Waals surface area contributed by atoms with Gasteiger partial charge in [0.2, 0.25) is 0 Å². The number of amides is 2. The van der Waals surface area contributed by atoms with Gasteiger partial charge >= 0.3 is 0 Å². The van der Waals surface area contributed by atoms with Crippen LogP contribution in [0.5, 0.6) is 5.75 Å². The van der Waals surface area contributed by atoms with Crippen LogP contribution in [-0.4, -0.2) is 24.5 Å². The first-order chi connectivity index (χ1) is 13.4. The van der Waals surface area contributed by atoms with Gasteiger partial charge in [-0.2, -0.15) is 0 Å². The third kappa shape index (κ3) is 6.12. The Kier molecular flexibility index (Phi) is 8.05. The quantitative estimate of drug-likeness (QED) is 0.658. The van der Waals surface area contributed by atoms with Gasteiger partial charge in [-0.3, -0.25) is 9.59 Å². The Hall–Kier alpha value is -2.82. The fraction of sp³-hybridized carbons (Fsp3) is 0.391. The van der Waals surface area contributed by atoms with Crippen molar-refractivity contribution < 1.29 is 14.3 Å². The molecular formula is C23H30N2O3. The molecule has 2 unspecified atom stereocenters. The fourth-order valence-corrected chi connectivity index (χ4v) is 2.69. The molecule has 0 radical (unpaired) electrons. The van der Waals surface area contributed by atoms with E-state index in [-0.39, 0.29) is 24.5 Å². The molecule has 0 aliphatic carbocycles. The summed E-state index contributed by atoms with van der Waals surface area (Å²) in [5.74, 6) is 0.755. The third-order valence-corrected chi connectivity index (χ3v) is 4.84. The second kappa shape index (κ2) is 10.5. The van der Waals surface area contributed by atoms with Gasteiger partial charge in [0.05, 0.1) is 0 Å². The zero-order chi connectivity index (χ0) is 20.5. The van der Waals surface area contributed by atoms with Crippen molar-refractivity contribution in [3.8, 4) is 5.75 Å². The van der Waals surface area contributed by atoms with Crippen molar-refractivity contribution in [2.75, 3.05) is 11.9 Å². The molecule has 2 rings (SSSR count). The van der Waals surface area contributed by atoms with Crippen LogP contribution in [0.3, 0.4) is 0 Å². The maximum atomic E-state index is 12.2. The van der Waals surface area contributed by atoms with E-state index >= 15 is 0 Å². The number of rotatable bonds is 9. The standard InChI is InChI=1S/C23H30N2O3/c1-5-16(3)20-9-7-8-10-21(20)28-15-22(26)25-19-13-11-18(12-14-19)23(27)24-17(4)6-2/h7-14,16-17H,5-6,15H2,1-4H3,(H,24,27)(H,25,26). The molecule has 0 aliphatic heterocycles. The molecule has 0 saturated heterocycles. The van der Waals surface area contributed by atoms with Gasteiger partial charge in [-0.15, -0.1) is 0 Å². The van der Waals surface area contributed by atoms with E-state index in [1.807, 2.05) is 38.1 Å². The Morgan fingerprint density at radius 3 is 2.29 bits per heavy atom. The number of hydrogen-bond donors (Lipinski definition) is 2. The average Bonchev–Trinajstić information content (AvgIpc) is 2.72. The minimum atomic E-state index is -0.240. The summed E-state index contributed by atoms with van der Waals surface area (Å²) in [4.78, 5) is 24.3. The molecule has 0 bridgehead atoms. The topological polar surface area (TPSA) is 67.4 Å². The summed E-state index contributed by atoms with van der Waals surface area (Å²) in [6, 6.07) is 14.8. The molecule has 2 aromatic carbocycles. The van der Waals surface area contributed by atoms with Gasteiger partial charge < -0.3 is 15.4 Å². The number of carbonyl (C=O) groups excluding carboxylic acids is 2. The van der Waals surface area contributed by atoms with Crippen LogP contribution in [0.2, 0.25) is 0 Å². The zero-order valence-corrected chi connectivity index (χ0v) is 17.1. The molecular weight excluding hydrogens is 352 g/mol. The number of anilines is 1. The lowest BCUT2D eigenvalue weighted by molar-refractivity contribution is -0.118. The van der Waals surface area contributed by atoms with Crippen LogP contribution in [0.1, 0.15) is 62.4 Å².